The number of aryl methyl sites for hydroxylation is 1. The molecule has 4 N–H and O–H groups in total. The Bertz CT molecular complexity index is 2580. The number of thiazole rings is 1. The fourth-order valence-corrected chi connectivity index (χ4v) is 10.6. The fourth-order valence-electron chi connectivity index (χ4n) is 8.38. The smallest absolute Gasteiger partial charge is 0.416 e. The van der Waals surface area contributed by atoms with Crippen LogP contribution in [0.3, 0.4) is 0 Å². The molecule has 1 unspecified atom stereocenters. The number of anilines is 1. The van der Waals surface area contributed by atoms with Crippen LogP contribution in [0.1, 0.15) is 108 Å². The van der Waals surface area contributed by atoms with Gasteiger partial charge in [0.05, 0.1) is 35.2 Å². The highest BCUT2D eigenvalue weighted by atomic mass is 32.2. The number of hydrogen-bond acceptors (Lipinski definition) is 11. The number of sulfonamides is 1. The maximum atomic E-state index is 14.5. The van der Waals surface area contributed by atoms with Gasteiger partial charge in [0.25, 0.3) is 0 Å². The molecule has 7 rings (SSSR count). The molecule has 0 bridgehead atoms. The van der Waals surface area contributed by atoms with Gasteiger partial charge in [-0.15, -0.1) is 11.3 Å². The number of likely N-dealkylation sites (tertiary alicyclic amines) is 1. The summed E-state index contributed by atoms with van der Waals surface area (Å²) in [6.45, 7) is 9.64. The lowest BCUT2D eigenvalue weighted by Gasteiger charge is -2.28. The quantitative estimate of drug-likeness (QED) is 0.0608. The first-order valence-corrected chi connectivity index (χ1v) is 24.4. The number of hydrogen-bond donors (Lipinski definition) is 3. The highest BCUT2D eigenvalue weighted by Crippen LogP contribution is 2.46. The van der Waals surface area contributed by atoms with Crippen LogP contribution < -0.4 is 25.2 Å². The van der Waals surface area contributed by atoms with Crippen LogP contribution in [0.4, 0.5) is 18.9 Å². The molecule has 4 aromatic rings. The van der Waals surface area contributed by atoms with E-state index in [1.807, 2.05) is 37.4 Å². The zero-order valence-corrected chi connectivity index (χ0v) is 39.1. The normalized spacial score (nSPS) is 21.0. The lowest BCUT2D eigenvalue weighted by Crippen LogP contribution is -2.49. The molecule has 18 heteroatoms. The maximum Gasteiger partial charge on any atom is 0.416 e. The van der Waals surface area contributed by atoms with Crippen LogP contribution in [0.15, 0.2) is 59.5 Å². The van der Waals surface area contributed by atoms with E-state index in [2.05, 4.69) is 30.0 Å². The van der Waals surface area contributed by atoms with Crippen LogP contribution in [0.25, 0.3) is 21.6 Å². The second-order valence-electron chi connectivity index (χ2n) is 18.1. The van der Waals surface area contributed by atoms with Crippen LogP contribution in [-0.2, 0) is 30.6 Å². The zero-order chi connectivity index (χ0) is 47.0. The average molecular weight is 939 g/mol. The van der Waals surface area contributed by atoms with Gasteiger partial charge < -0.3 is 25.4 Å². The minimum absolute atomic E-state index is 0.0125. The Kier molecular flexibility index (Phi) is 13.9. The number of ether oxygens (including phenoxy) is 2. The summed E-state index contributed by atoms with van der Waals surface area (Å²) in [4.78, 5) is 51.5. The van der Waals surface area contributed by atoms with Crippen molar-refractivity contribution in [3.63, 3.8) is 0 Å². The van der Waals surface area contributed by atoms with Crippen molar-refractivity contribution in [3.8, 4) is 22.2 Å². The number of nitrogens with one attached hydrogen (secondary N) is 2. The lowest BCUT2D eigenvalue weighted by molar-refractivity contribution is -0.138. The number of carbonyl (C=O) groups is 3. The van der Waals surface area contributed by atoms with E-state index in [0.717, 1.165) is 35.4 Å². The molecule has 5 atom stereocenters. The predicted molar refractivity (Wildman–Crippen MR) is 244 cm³/mol. The second kappa shape index (κ2) is 18.9. The number of halogens is 3. The van der Waals surface area contributed by atoms with Crippen molar-refractivity contribution in [2.45, 2.75) is 127 Å². The van der Waals surface area contributed by atoms with Gasteiger partial charge in [-0.2, -0.15) is 13.2 Å². The van der Waals surface area contributed by atoms with Crippen molar-refractivity contribution < 1.29 is 45.4 Å². The number of rotatable bonds is 19. The summed E-state index contributed by atoms with van der Waals surface area (Å²) in [6.07, 6.45) is 1.70. The molecule has 65 heavy (non-hydrogen) atoms. The van der Waals surface area contributed by atoms with Gasteiger partial charge in [0, 0.05) is 40.4 Å². The van der Waals surface area contributed by atoms with Gasteiger partial charge in [-0.25, -0.2) is 18.4 Å². The van der Waals surface area contributed by atoms with Crippen molar-refractivity contribution in [1.29, 1.82) is 0 Å². The Morgan fingerprint density at radius 1 is 1.03 bits per heavy atom. The van der Waals surface area contributed by atoms with Crippen molar-refractivity contribution in [1.82, 2.24) is 19.6 Å². The largest absolute Gasteiger partial charge is 0.496 e. The van der Waals surface area contributed by atoms with Crippen LogP contribution in [0.2, 0.25) is 0 Å². The third kappa shape index (κ3) is 10.7. The van der Waals surface area contributed by atoms with E-state index in [-0.39, 0.29) is 30.7 Å². The van der Waals surface area contributed by atoms with Gasteiger partial charge in [0.15, 0.2) is 0 Å². The van der Waals surface area contributed by atoms with Gasteiger partial charge in [-0.1, -0.05) is 38.3 Å². The molecular weight excluding hydrogens is 882 g/mol. The number of methoxy groups -OCH3 is 1. The summed E-state index contributed by atoms with van der Waals surface area (Å²) < 4.78 is 79.1. The van der Waals surface area contributed by atoms with Crippen molar-refractivity contribution in [2.75, 3.05) is 19.0 Å². The summed E-state index contributed by atoms with van der Waals surface area (Å²) >= 11 is 1.47. The van der Waals surface area contributed by atoms with Crippen LogP contribution in [0.5, 0.6) is 11.5 Å². The van der Waals surface area contributed by atoms with Crippen molar-refractivity contribution in [3.05, 3.63) is 76.3 Å². The molecule has 3 amide bonds. The Balaban J connectivity index is 1.04. The van der Waals surface area contributed by atoms with E-state index in [1.54, 1.807) is 14.0 Å². The molecule has 3 fully saturated rings. The van der Waals surface area contributed by atoms with E-state index < -0.39 is 62.4 Å². The third-order valence-electron chi connectivity index (χ3n) is 12.9. The maximum absolute atomic E-state index is 14.5. The Morgan fingerprint density at radius 3 is 2.38 bits per heavy atom. The van der Waals surface area contributed by atoms with E-state index >= 15 is 0 Å². The summed E-state index contributed by atoms with van der Waals surface area (Å²) in [6, 6.07) is 8.03. The number of fused-ring (bicyclic) bond motifs is 1. The zero-order valence-electron chi connectivity index (χ0n) is 37.5. The molecule has 3 heterocycles. The number of nitrogens with zero attached hydrogens (tertiary/aromatic N) is 3. The summed E-state index contributed by atoms with van der Waals surface area (Å²) in [7, 11) is -2.11. The first kappa shape index (κ1) is 47.7. The third-order valence-corrected chi connectivity index (χ3v) is 16.0. The van der Waals surface area contributed by atoms with E-state index in [0.29, 0.717) is 83.7 Å². The number of unbranched alkanes of at least 4 members (excludes halogenated alkanes) is 3. The Hall–Kier alpha value is -5.23. The number of alkyl halides is 3. The monoisotopic (exact) mass is 938 g/mol. The highest BCUT2D eigenvalue weighted by Gasteiger charge is 2.53. The first-order valence-electron chi connectivity index (χ1n) is 22.1. The van der Waals surface area contributed by atoms with E-state index in [4.69, 9.17) is 25.2 Å². The van der Waals surface area contributed by atoms with Gasteiger partial charge >= 0.3 is 6.18 Å². The molecule has 1 aliphatic heterocycles. The van der Waals surface area contributed by atoms with E-state index in [1.165, 1.54) is 28.4 Å². The molecule has 13 nitrogen and oxygen atoms in total. The van der Waals surface area contributed by atoms with Crippen LogP contribution in [-0.4, -0.2) is 77.6 Å². The fraction of sp³-hybridized carbons (Fsp3) is 0.511. The topological polar surface area (TPSA) is 183 Å². The molecule has 2 aromatic heterocycles. The number of nitrogens with two attached hydrogens (primary N) is 1. The van der Waals surface area contributed by atoms with Gasteiger partial charge in [0.2, 0.25) is 27.7 Å². The summed E-state index contributed by atoms with van der Waals surface area (Å²) in [5.41, 5.74) is 9.42. The minimum Gasteiger partial charge on any atom is -0.496 e. The molecule has 2 saturated carbocycles. The SMILES string of the molecule is COc1ccc2c(OC3C[C@@H](C(N)=O)N(C(=O)[C@H](CCCCC/C=C(/C)[C@@H]4C[C@@H]4C(=O)NS(=O)(=O)C4(C)CC4)Nc4ccc(C(F)(F)F)cc4)C3)cc(-c3nc(C(C)C)cs3)nc2c1C. The molecule has 0 radical (unpaired) electrons. The van der Waals surface area contributed by atoms with Crippen molar-refractivity contribution >= 4 is 55.7 Å². The number of carbonyl (C=O) groups excluding carboxylic acids is 3. The molecule has 1 saturated heterocycles. The Labute approximate surface area is 381 Å². The Morgan fingerprint density at radius 2 is 1.75 bits per heavy atom. The number of amides is 3. The van der Waals surface area contributed by atoms with Gasteiger partial charge in [0.1, 0.15) is 40.4 Å². The number of primary amides is 1. The minimum atomic E-state index is -4.54. The molecule has 0 spiro atoms. The van der Waals surface area contributed by atoms with E-state index in [9.17, 15) is 36.0 Å². The van der Waals surface area contributed by atoms with Crippen LogP contribution >= 0.6 is 11.3 Å². The lowest BCUT2D eigenvalue weighted by atomic mass is 10.0. The van der Waals surface area contributed by atoms with Gasteiger partial charge in [-0.05, 0) is 108 Å². The number of benzene rings is 2. The number of pyridine rings is 1. The number of allylic oxidation sites excluding steroid dienone is 2. The average Bonchev–Trinajstić information content (AvgIpc) is 4.12. The molecule has 350 valence electrons. The standard InChI is InChI=1S/C47H57F3N6O7S2/c1-26(2)37-25-64-44(54-37)36-23-40(32-17-18-39(62-6)28(4)41(32)53-36)63-31-21-38(42(51)57)56(24-31)45(59)35(52-30-15-13-29(14-16-30)47(48,49)50)12-10-8-7-9-11-27(3)33-22-34(33)43(58)55-65(60,61)46(5)19-20-46/h11,13-18,23,25-26,31,33-35,38,52H,7-10,12,19-22,24H2,1-6H3,(H2,51,57)(H,55,58)/b27-11-/t31?,33-,34-,35-,38-/m0/s1. The molecule has 2 aliphatic carbocycles. The van der Waals surface area contributed by atoms with Gasteiger partial charge in [-0.3, -0.25) is 19.1 Å². The number of aromatic nitrogens is 2. The summed E-state index contributed by atoms with van der Waals surface area (Å²) in [5.74, 6) is -0.639. The van der Waals surface area contributed by atoms with Crippen molar-refractivity contribution in [2.24, 2.45) is 17.6 Å². The second-order valence-corrected chi connectivity index (χ2v) is 21.2. The highest BCUT2D eigenvalue weighted by molar-refractivity contribution is 7.91. The van der Waals surface area contributed by atoms with Crippen LogP contribution in [0, 0.1) is 18.8 Å². The first-order chi connectivity index (χ1) is 30.7. The molecule has 2 aromatic carbocycles. The summed E-state index contributed by atoms with van der Waals surface area (Å²) in [5, 5.41) is 6.55. The molecule has 3 aliphatic rings. The molecular formula is C47H57F3N6O7S2. The predicted octanol–water partition coefficient (Wildman–Crippen LogP) is 8.66.